The van der Waals surface area contributed by atoms with Crippen LogP contribution in [0.2, 0.25) is 5.02 Å². The van der Waals surface area contributed by atoms with Crippen LogP contribution in [0.1, 0.15) is 15.9 Å². The van der Waals surface area contributed by atoms with Gasteiger partial charge in [-0.2, -0.15) is 5.10 Å². The zero-order valence-corrected chi connectivity index (χ0v) is 17.9. The van der Waals surface area contributed by atoms with E-state index in [1.165, 1.54) is 0 Å². The predicted molar refractivity (Wildman–Crippen MR) is 122 cm³/mol. The Hall–Kier alpha value is -3.91. The van der Waals surface area contributed by atoms with Gasteiger partial charge in [-0.05, 0) is 29.8 Å². The van der Waals surface area contributed by atoms with Gasteiger partial charge in [0, 0.05) is 29.2 Å². The van der Waals surface area contributed by atoms with Crippen molar-refractivity contribution in [1.82, 2.24) is 25.1 Å². The molecule has 2 aromatic carbocycles. The Morgan fingerprint density at radius 1 is 1.09 bits per heavy atom. The van der Waals surface area contributed by atoms with E-state index in [4.69, 9.17) is 22.1 Å². The summed E-state index contributed by atoms with van der Waals surface area (Å²) in [5.74, 6) is 1.18. The molecule has 0 aliphatic heterocycles. The van der Waals surface area contributed by atoms with Crippen molar-refractivity contribution < 1.29 is 9.53 Å². The van der Waals surface area contributed by atoms with Crippen molar-refractivity contribution in [2.45, 2.75) is 6.54 Å². The first-order valence-electron chi connectivity index (χ1n) is 9.94. The molecule has 0 fully saturated rings. The van der Waals surface area contributed by atoms with E-state index < -0.39 is 0 Å². The van der Waals surface area contributed by atoms with Gasteiger partial charge in [-0.1, -0.05) is 41.9 Å². The van der Waals surface area contributed by atoms with Crippen LogP contribution in [-0.4, -0.2) is 38.8 Å². The predicted octanol–water partition coefficient (Wildman–Crippen LogP) is 3.43. The maximum atomic E-state index is 12.5. The van der Waals surface area contributed by atoms with E-state index >= 15 is 0 Å². The maximum Gasteiger partial charge on any atom is 0.256 e. The SMILES string of the molecule is Nc1nn(Cc2ccc(-c3ncccn3)cc2)cc1C(=O)NCCOc1cccc(Cl)c1. The minimum Gasteiger partial charge on any atom is -0.492 e. The molecule has 2 heterocycles. The Bertz CT molecular complexity index is 1190. The molecule has 0 unspecified atom stereocenters. The molecular formula is C23H21ClN6O2. The highest BCUT2D eigenvalue weighted by Crippen LogP contribution is 2.18. The van der Waals surface area contributed by atoms with Crippen LogP contribution in [0.3, 0.4) is 0 Å². The lowest BCUT2D eigenvalue weighted by Crippen LogP contribution is -2.28. The number of anilines is 1. The molecule has 0 bridgehead atoms. The number of aromatic nitrogens is 4. The van der Waals surface area contributed by atoms with Gasteiger partial charge >= 0.3 is 0 Å². The number of hydrogen-bond donors (Lipinski definition) is 2. The van der Waals surface area contributed by atoms with E-state index in [0.29, 0.717) is 41.9 Å². The number of nitrogens with one attached hydrogen (secondary N) is 1. The molecule has 9 heteroatoms. The van der Waals surface area contributed by atoms with Gasteiger partial charge in [-0.15, -0.1) is 0 Å². The Morgan fingerprint density at radius 3 is 2.62 bits per heavy atom. The molecule has 8 nitrogen and oxygen atoms in total. The van der Waals surface area contributed by atoms with E-state index in [9.17, 15) is 4.79 Å². The molecule has 0 radical (unpaired) electrons. The molecule has 0 aliphatic carbocycles. The lowest BCUT2D eigenvalue weighted by molar-refractivity contribution is 0.0947. The van der Waals surface area contributed by atoms with Gasteiger partial charge in [0.15, 0.2) is 11.6 Å². The number of carbonyl (C=O) groups is 1. The maximum absolute atomic E-state index is 12.5. The first-order chi connectivity index (χ1) is 15.6. The summed E-state index contributed by atoms with van der Waals surface area (Å²) in [7, 11) is 0. The second-order valence-corrected chi connectivity index (χ2v) is 7.39. The summed E-state index contributed by atoms with van der Waals surface area (Å²) >= 11 is 5.92. The van der Waals surface area contributed by atoms with Crippen LogP contribution < -0.4 is 15.8 Å². The third-order valence-electron chi connectivity index (χ3n) is 4.61. The highest BCUT2D eigenvalue weighted by molar-refractivity contribution is 6.30. The quantitative estimate of drug-likeness (QED) is 0.400. The van der Waals surface area contributed by atoms with Crippen LogP contribution in [-0.2, 0) is 6.54 Å². The third-order valence-corrected chi connectivity index (χ3v) is 4.84. The average Bonchev–Trinajstić information content (AvgIpc) is 3.18. The molecule has 2 aromatic heterocycles. The number of benzene rings is 2. The van der Waals surface area contributed by atoms with Crippen LogP contribution in [0.25, 0.3) is 11.4 Å². The molecule has 0 atom stereocenters. The number of nitrogens with two attached hydrogens (primary N) is 1. The van der Waals surface area contributed by atoms with Crippen molar-refractivity contribution in [1.29, 1.82) is 0 Å². The van der Waals surface area contributed by atoms with Gasteiger partial charge in [0.1, 0.15) is 17.9 Å². The Kier molecular flexibility index (Phi) is 6.62. The molecule has 4 aromatic rings. The third kappa shape index (κ3) is 5.41. The summed E-state index contributed by atoms with van der Waals surface area (Å²) in [4.78, 5) is 21.0. The zero-order valence-electron chi connectivity index (χ0n) is 17.1. The second-order valence-electron chi connectivity index (χ2n) is 6.96. The van der Waals surface area contributed by atoms with E-state index in [0.717, 1.165) is 11.1 Å². The summed E-state index contributed by atoms with van der Waals surface area (Å²) in [5.41, 5.74) is 8.21. The van der Waals surface area contributed by atoms with Crippen LogP contribution in [0.4, 0.5) is 5.82 Å². The highest BCUT2D eigenvalue weighted by atomic mass is 35.5. The molecular weight excluding hydrogens is 428 g/mol. The molecule has 0 saturated heterocycles. The van der Waals surface area contributed by atoms with Crippen LogP contribution >= 0.6 is 11.6 Å². The summed E-state index contributed by atoms with van der Waals surface area (Å²) in [5, 5.41) is 7.63. The minimum absolute atomic E-state index is 0.174. The number of nitrogens with zero attached hydrogens (tertiary/aromatic N) is 4. The largest absolute Gasteiger partial charge is 0.492 e. The van der Waals surface area contributed by atoms with Crippen LogP contribution in [0.15, 0.2) is 73.2 Å². The molecule has 1 amide bonds. The second kappa shape index (κ2) is 9.93. The van der Waals surface area contributed by atoms with E-state index in [1.807, 2.05) is 24.3 Å². The van der Waals surface area contributed by atoms with E-state index in [2.05, 4.69) is 20.4 Å². The fraction of sp³-hybridized carbons (Fsp3) is 0.130. The number of halogens is 1. The molecule has 0 spiro atoms. The average molecular weight is 449 g/mol. The fourth-order valence-corrected chi connectivity index (χ4v) is 3.25. The van der Waals surface area contributed by atoms with Crippen molar-refractivity contribution in [3.8, 4) is 17.1 Å². The molecule has 0 saturated carbocycles. The standard InChI is InChI=1S/C23H21ClN6O2/c24-18-3-1-4-19(13-18)32-12-11-28-23(31)20-15-30(29-21(20)25)14-16-5-7-17(8-6-16)22-26-9-2-10-27-22/h1-10,13,15H,11-12,14H2,(H2,25,29)(H,28,31). The normalized spacial score (nSPS) is 10.7. The first-order valence-corrected chi connectivity index (χ1v) is 10.3. The summed E-state index contributed by atoms with van der Waals surface area (Å²) in [6, 6.07) is 16.7. The van der Waals surface area contributed by atoms with E-state index in [-0.39, 0.29) is 11.7 Å². The van der Waals surface area contributed by atoms with Gasteiger partial charge in [-0.25, -0.2) is 9.97 Å². The molecule has 162 valence electrons. The number of amides is 1. The van der Waals surface area contributed by atoms with Gasteiger partial charge < -0.3 is 15.8 Å². The molecule has 0 aliphatic rings. The topological polar surface area (TPSA) is 108 Å². The number of nitrogen functional groups attached to an aromatic ring is 1. The zero-order chi connectivity index (χ0) is 22.3. The van der Waals surface area contributed by atoms with Crippen LogP contribution in [0.5, 0.6) is 5.75 Å². The lowest BCUT2D eigenvalue weighted by Gasteiger charge is -2.07. The Morgan fingerprint density at radius 2 is 1.88 bits per heavy atom. The summed E-state index contributed by atoms with van der Waals surface area (Å²) in [6.45, 7) is 1.10. The van der Waals surface area contributed by atoms with Gasteiger partial charge in [0.05, 0.1) is 13.1 Å². The fourth-order valence-electron chi connectivity index (χ4n) is 3.07. The molecule has 32 heavy (non-hydrogen) atoms. The Labute approximate surface area is 190 Å². The van der Waals surface area contributed by atoms with Crippen molar-refractivity contribution >= 4 is 23.3 Å². The van der Waals surface area contributed by atoms with E-state index in [1.54, 1.807) is 53.6 Å². The number of carbonyl (C=O) groups excluding carboxylic acids is 1. The van der Waals surface area contributed by atoms with Crippen molar-refractivity contribution in [3.63, 3.8) is 0 Å². The summed E-state index contributed by atoms with van der Waals surface area (Å²) < 4.78 is 7.21. The smallest absolute Gasteiger partial charge is 0.256 e. The Balaban J connectivity index is 1.31. The van der Waals surface area contributed by atoms with Crippen molar-refractivity contribution in [2.75, 3.05) is 18.9 Å². The van der Waals surface area contributed by atoms with Crippen LogP contribution in [0, 0.1) is 0 Å². The molecule has 4 rings (SSSR count). The lowest BCUT2D eigenvalue weighted by atomic mass is 10.1. The molecule has 3 N–H and O–H groups in total. The monoisotopic (exact) mass is 448 g/mol. The number of rotatable bonds is 8. The van der Waals surface area contributed by atoms with Gasteiger partial charge in [0.2, 0.25) is 0 Å². The van der Waals surface area contributed by atoms with Crippen molar-refractivity contribution in [3.05, 3.63) is 89.3 Å². The van der Waals surface area contributed by atoms with Gasteiger partial charge in [0.25, 0.3) is 5.91 Å². The highest BCUT2D eigenvalue weighted by Gasteiger charge is 2.14. The first kappa shape index (κ1) is 21.3. The minimum atomic E-state index is -0.306. The van der Waals surface area contributed by atoms with Gasteiger partial charge in [-0.3, -0.25) is 9.48 Å². The number of hydrogen-bond acceptors (Lipinski definition) is 6. The number of ether oxygens (including phenoxy) is 1. The van der Waals surface area contributed by atoms with Crippen molar-refractivity contribution in [2.24, 2.45) is 0 Å². The summed E-state index contributed by atoms with van der Waals surface area (Å²) in [6.07, 6.45) is 5.05.